The Balaban J connectivity index is 1.19. The van der Waals surface area contributed by atoms with Gasteiger partial charge in [0.2, 0.25) is 11.8 Å². The molecule has 0 radical (unpaired) electrons. The first-order valence-corrected chi connectivity index (χ1v) is 13.4. The van der Waals surface area contributed by atoms with Gasteiger partial charge >= 0.3 is 0 Å². The van der Waals surface area contributed by atoms with Crippen LogP contribution in [0.15, 0.2) is 36.4 Å². The number of aromatic nitrogens is 1. The van der Waals surface area contributed by atoms with Gasteiger partial charge in [-0.15, -0.1) is 0 Å². The van der Waals surface area contributed by atoms with Crippen molar-refractivity contribution < 1.29 is 9.59 Å². The van der Waals surface area contributed by atoms with Crippen molar-refractivity contribution >= 4 is 50.7 Å². The number of likely N-dealkylation sites (tertiary alicyclic amines) is 1. The summed E-state index contributed by atoms with van der Waals surface area (Å²) in [7, 11) is 0. The van der Waals surface area contributed by atoms with Crippen molar-refractivity contribution in [2.75, 3.05) is 24.5 Å². The molecule has 2 aromatic carbocycles. The number of hydrogen-bond acceptors (Lipinski definition) is 5. The van der Waals surface area contributed by atoms with Crippen molar-refractivity contribution in [2.45, 2.75) is 51.9 Å². The Bertz CT molecular complexity index is 1220. The zero-order valence-corrected chi connectivity index (χ0v) is 21.1. The minimum absolute atomic E-state index is 0.151. The smallest absolute Gasteiger partial charge is 0.238 e. The maximum Gasteiger partial charge on any atom is 0.238 e. The highest BCUT2D eigenvalue weighted by molar-refractivity contribution is 7.13. The van der Waals surface area contributed by atoms with E-state index >= 15 is 0 Å². The van der Waals surface area contributed by atoms with E-state index in [0.29, 0.717) is 23.0 Å². The van der Waals surface area contributed by atoms with Crippen LogP contribution in [-0.2, 0) is 28.9 Å². The molecule has 3 aromatic rings. The molecule has 3 heterocycles. The average molecular weight is 496 g/mol. The van der Waals surface area contributed by atoms with E-state index in [1.807, 2.05) is 6.07 Å². The summed E-state index contributed by atoms with van der Waals surface area (Å²) in [4.78, 5) is 28.4. The summed E-state index contributed by atoms with van der Waals surface area (Å²) >= 11 is 8.21. The van der Waals surface area contributed by atoms with Crippen LogP contribution >= 0.6 is 23.1 Å². The first kappa shape index (κ1) is 23.5. The van der Waals surface area contributed by atoms with E-state index in [4.69, 9.17) is 16.0 Å². The Morgan fingerprint density at radius 3 is 2.91 bits per heavy atom. The highest BCUT2D eigenvalue weighted by atomic mass is 35.5. The lowest BCUT2D eigenvalue weighted by Crippen LogP contribution is -2.33. The summed E-state index contributed by atoms with van der Waals surface area (Å²) in [6.07, 6.45) is 6.13. The topological polar surface area (TPSA) is 53.5 Å². The Hall–Kier alpha value is -2.28. The number of rotatable bonds is 6. The standard InChI is InChI=1S/C27H30ClN3O2S/c1-2-26(32)31-24-17-22(28)19(15-20(24)16-27(31)33)10-13-30-11-5-6-18(9-12-30)14-23-21-7-3-4-8-25(21)34-29-23/h3-4,7-8,15,17-18H,2,5-6,9-14,16H2,1H3. The number of fused-ring (bicyclic) bond motifs is 2. The second-order valence-electron chi connectivity index (χ2n) is 9.44. The second-order valence-corrected chi connectivity index (χ2v) is 10.7. The van der Waals surface area contributed by atoms with Crippen molar-refractivity contribution in [1.29, 1.82) is 0 Å². The van der Waals surface area contributed by atoms with Gasteiger partial charge < -0.3 is 4.90 Å². The van der Waals surface area contributed by atoms with E-state index < -0.39 is 0 Å². The fourth-order valence-electron chi connectivity index (χ4n) is 5.30. The number of amides is 2. The molecule has 34 heavy (non-hydrogen) atoms. The molecule has 1 unspecified atom stereocenters. The molecule has 0 aliphatic carbocycles. The Labute approximate surface area is 209 Å². The molecule has 2 amide bonds. The molecule has 7 heteroatoms. The molecule has 178 valence electrons. The first-order chi connectivity index (χ1) is 16.5. The Kier molecular flexibility index (Phi) is 7.00. The summed E-state index contributed by atoms with van der Waals surface area (Å²) in [5, 5.41) is 1.96. The van der Waals surface area contributed by atoms with Gasteiger partial charge in [-0.2, -0.15) is 4.37 Å². The van der Waals surface area contributed by atoms with Gasteiger partial charge in [0.15, 0.2) is 0 Å². The van der Waals surface area contributed by atoms with Gasteiger partial charge in [0, 0.05) is 23.4 Å². The molecule has 5 nitrogen and oxygen atoms in total. The first-order valence-electron chi connectivity index (χ1n) is 12.3. The third kappa shape index (κ3) is 4.77. The van der Waals surface area contributed by atoms with Crippen molar-refractivity contribution in [3.05, 3.63) is 58.2 Å². The van der Waals surface area contributed by atoms with Crippen LogP contribution in [0.3, 0.4) is 0 Å². The van der Waals surface area contributed by atoms with E-state index in [-0.39, 0.29) is 18.2 Å². The number of halogens is 1. The largest absolute Gasteiger partial charge is 0.303 e. The Morgan fingerprint density at radius 2 is 2.06 bits per heavy atom. The fourth-order valence-corrected chi connectivity index (χ4v) is 6.36. The monoisotopic (exact) mass is 495 g/mol. The predicted octanol–water partition coefficient (Wildman–Crippen LogP) is 5.66. The van der Waals surface area contributed by atoms with Gasteiger partial charge in [-0.25, -0.2) is 4.90 Å². The van der Waals surface area contributed by atoms with Crippen LogP contribution < -0.4 is 4.90 Å². The van der Waals surface area contributed by atoms with Crippen LogP contribution in [-0.4, -0.2) is 40.7 Å². The van der Waals surface area contributed by atoms with Gasteiger partial charge in [0.1, 0.15) is 0 Å². The zero-order valence-electron chi connectivity index (χ0n) is 19.6. The Morgan fingerprint density at radius 1 is 1.21 bits per heavy atom. The highest BCUT2D eigenvalue weighted by Crippen LogP contribution is 2.35. The number of benzene rings is 2. The van der Waals surface area contributed by atoms with Crippen LogP contribution in [0.25, 0.3) is 10.1 Å². The van der Waals surface area contributed by atoms with Crippen LogP contribution in [0, 0.1) is 5.92 Å². The predicted molar refractivity (Wildman–Crippen MR) is 139 cm³/mol. The SMILES string of the molecule is CCC(=O)N1C(=O)Cc2cc(CCN3CCCC(Cc4nsc5ccccc45)CC3)c(Cl)cc21. The molecule has 5 rings (SSSR count). The van der Waals surface area contributed by atoms with E-state index in [0.717, 1.165) is 43.6 Å². The maximum absolute atomic E-state index is 12.4. The van der Waals surface area contributed by atoms with E-state index in [9.17, 15) is 9.59 Å². The van der Waals surface area contributed by atoms with Gasteiger partial charge in [-0.3, -0.25) is 9.59 Å². The van der Waals surface area contributed by atoms with E-state index in [1.165, 1.54) is 39.9 Å². The lowest BCUT2D eigenvalue weighted by Gasteiger charge is -2.21. The summed E-state index contributed by atoms with van der Waals surface area (Å²) in [5.41, 5.74) is 3.90. The minimum atomic E-state index is -0.169. The molecule has 1 atom stereocenters. The highest BCUT2D eigenvalue weighted by Gasteiger charge is 2.32. The molecule has 2 aliphatic heterocycles. The average Bonchev–Trinajstić information content (AvgIpc) is 3.29. The number of hydrogen-bond donors (Lipinski definition) is 0. The van der Waals surface area contributed by atoms with E-state index in [1.54, 1.807) is 24.5 Å². The molecule has 0 saturated carbocycles. The molecule has 2 aliphatic rings. The number of carbonyl (C=O) groups excluding carboxylic acids is 2. The van der Waals surface area contributed by atoms with Crippen molar-refractivity contribution in [3.63, 3.8) is 0 Å². The summed E-state index contributed by atoms with van der Waals surface area (Å²) in [6, 6.07) is 12.4. The zero-order chi connectivity index (χ0) is 23.7. The quantitative estimate of drug-likeness (QED) is 0.442. The molecular weight excluding hydrogens is 466 g/mol. The van der Waals surface area contributed by atoms with Gasteiger partial charge in [0.25, 0.3) is 0 Å². The summed E-state index contributed by atoms with van der Waals surface area (Å²) in [6.45, 7) is 4.92. The minimum Gasteiger partial charge on any atom is -0.303 e. The van der Waals surface area contributed by atoms with Crippen LogP contribution in [0.4, 0.5) is 5.69 Å². The number of carbonyl (C=O) groups is 2. The van der Waals surface area contributed by atoms with Crippen LogP contribution in [0.5, 0.6) is 0 Å². The summed E-state index contributed by atoms with van der Waals surface area (Å²) < 4.78 is 6.03. The van der Waals surface area contributed by atoms with Crippen molar-refractivity contribution in [1.82, 2.24) is 9.27 Å². The van der Waals surface area contributed by atoms with Crippen molar-refractivity contribution in [3.8, 4) is 0 Å². The van der Waals surface area contributed by atoms with Crippen LogP contribution in [0.2, 0.25) is 5.02 Å². The number of nitrogens with zero attached hydrogens (tertiary/aromatic N) is 3. The van der Waals surface area contributed by atoms with Gasteiger partial charge in [-0.1, -0.05) is 42.8 Å². The molecule has 1 aromatic heterocycles. The number of imide groups is 1. The fraction of sp³-hybridized carbons (Fsp3) is 0.444. The molecule has 0 spiro atoms. The third-order valence-corrected chi connectivity index (χ3v) is 8.42. The van der Waals surface area contributed by atoms with E-state index in [2.05, 4.69) is 29.2 Å². The molecule has 1 fully saturated rings. The normalized spacial score (nSPS) is 18.9. The lowest BCUT2D eigenvalue weighted by atomic mass is 9.94. The maximum atomic E-state index is 12.4. The van der Waals surface area contributed by atoms with Gasteiger partial charge in [0.05, 0.1) is 22.5 Å². The second kappa shape index (κ2) is 10.1. The number of anilines is 1. The van der Waals surface area contributed by atoms with Crippen molar-refractivity contribution in [2.24, 2.45) is 5.92 Å². The molecular formula is C27H30ClN3O2S. The third-order valence-electron chi connectivity index (χ3n) is 7.20. The summed E-state index contributed by atoms with van der Waals surface area (Å²) in [5.74, 6) is 0.353. The molecule has 0 bridgehead atoms. The molecule has 1 saturated heterocycles. The molecule has 0 N–H and O–H groups in total. The lowest BCUT2D eigenvalue weighted by molar-refractivity contribution is -0.125. The van der Waals surface area contributed by atoms with Gasteiger partial charge in [-0.05, 0) is 85.9 Å². The van der Waals surface area contributed by atoms with Crippen LogP contribution in [0.1, 0.15) is 49.4 Å².